The average molecular weight is 345 g/mol. The molecule has 1 amide bonds. The highest BCUT2D eigenvalue weighted by Gasteiger charge is 2.53. The molecule has 2 saturated heterocycles. The second-order valence-electron chi connectivity index (χ2n) is 5.61. The van der Waals surface area contributed by atoms with Crippen molar-refractivity contribution in [2.75, 3.05) is 27.2 Å². The van der Waals surface area contributed by atoms with Gasteiger partial charge in [-0.3, -0.25) is 4.79 Å². The average Bonchev–Trinajstić information content (AvgIpc) is 3.01. The summed E-state index contributed by atoms with van der Waals surface area (Å²) in [6, 6.07) is 5.96. The van der Waals surface area contributed by atoms with Crippen LogP contribution in [-0.4, -0.2) is 62.9 Å². The number of amides is 1. The molecule has 6 nitrogen and oxygen atoms in total. The van der Waals surface area contributed by atoms with Crippen LogP contribution in [0.2, 0.25) is 5.02 Å². The Morgan fingerprint density at radius 3 is 2.45 bits per heavy atom. The van der Waals surface area contributed by atoms with Gasteiger partial charge in [0.05, 0.1) is 10.9 Å². The van der Waals surface area contributed by atoms with Crippen molar-refractivity contribution in [3.8, 4) is 0 Å². The molecule has 0 aliphatic carbocycles. The van der Waals surface area contributed by atoms with Gasteiger partial charge < -0.3 is 9.64 Å². The molecule has 0 saturated carbocycles. The van der Waals surface area contributed by atoms with E-state index in [0.717, 1.165) is 0 Å². The summed E-state index contributed by atoms with van der Waals surface area (Å²) in [5.41, 5.74) is 0. The van der Waals surface area contributed by atoms with Crippen LogP contribution < -0.4 is 0 Å². The number of hydrogen-bond donors (Lipinski definition) is 0. The van der Waals surface area contributed by atoms with Gasteiger partial charge >= 0.3 is 0 Å². The Labute approximate surface area is 134 Å². The lowest BCUT2D eigenvalue weighted by Crippen LogP contribution is -2.38. The number of nitrogens with zero attached hydrogens (tertiary/aromatic N) is 2. The van der Waals surface area contributed by atoms with Crippen molar-refractivity contribution in [1.82, 2.24) is 9.21 Å². The Morgan fingerprint density at radius 2 is 1.86 bits per heavy atom. The van der Waals surface area contributed by atoms with E-state index in [0.29, 0.717) is 5.02 Å². The molecule has 2 aliphatic rings. The molecular weight excluding hydrogens is 328 g/mol. The van der Waals surface area contributed by atoms with Gasteiger partial charge in [0.25, 0.3) is 5.91 Å². The van der Waals surface area contributed by atoms with E-state index in [1.54, 1.807) is 24.1 Å². The Bertz CT molecular complexity index is 691. The van der Waals surface area contributed by atoms with Gasteiger partial charge in [-0.25, -0.2) is 8.42 Å². The summed E-state index contributed by atoms with van der Waals surface area (Å²) in [6.07, 6.45) is -0.569. The summed E-state index contributed by atoms with van der Waals surface area (Å²) in [4.78, 5) is 13.8. The first-order chi connectivity index (χ1) is 10.4. The number of halogens is 1. The van der Waals surface area contributed by atoms with Crippen molar-refractivity contribution >= 4 is 27.5 Å². The molecule has 0 aromatic heterocycles. The third-order valence-corrected chi connectivity index (χ3v) is 6.58. The second-order valence-corrected chi connectivity index (χ2v) is 7.99. The molecule has 3 rings (SSSR count). The lowest BCUT2D eigenvalue weighted by Gasteiger charge is -2.21. The predicted molar refractivity (Wildman–Crippen MR) is 81.1 cm³/mol. The third-order valence-electron chi connectivity index (χ3n) is 4.48. The zero-order valence-corrected chi connectivity index (χ0v) is 13.8. The maximum absolute atomic E-state index is 12.7. The number of carbonyl (C=O) groups is 1. The Kier molecular flexibility index (Phi) is 3.92. The van der Waals surface area contributed by atoms with Crippen LogP contribution in [0.3, 0.4) is 0 Å². The normalized spacial score (nSPS) is 29.1. The molecule has 0 N–H and O–H groups in total. The van der Waals surface area contributed by atoms with E-state index in [1.165, 1.54) is 23.5 Å². The Hall–Kier alpha value is -1.15. The van der Waals surface area contributed by atoms with E-state index in [9.17, 15) is 13.2 Å². The minimum Gasteiger partial charge on any atom is -0.371 e. The molecule has 2 heterocycles. The predicted octanol–water partition coefficient (Wildman–Crippen LogP) is 0.816. The first kappa shape index (κ1) is 15.7. The highest BCUT2D eigenvalue weighted by molar-refractivity contribution is 7.89. The van der Waals surface area contributed by atoms with Crippen molar-refractivity contribution in [3.63, 3.8) is 0 Å². The fourth-order valence-electron chi connectivity index (χ4n) is 3.26. The summed E-state index contributed by atoms with van der Waals surface area (Å²) in [5, 5.41) is 0.488. The quantitative estimate of drug-likeness (QED) is 0.814. The van der Waals surface area contributed by atoms with Crippen LogP contribution in [0.1, 0.15) is 0 Å². The lowest BCUT2D eigenvalue weighted by atomic mass is 10.0. The molecule has 0 spiro atoms. The first-order valence-electron chi connectivity index (χ1n) is 6.91. The Morgan fingerprint density at radius 1 is 1.23 bits per heavy atom. The van der Waals surface area contributed by atoms with Crippen LogP contribution >= 0.6 is 11.6 Å². The van der Waals surface area contributed by atoms with Gasteiger partial charge in [0, 0.05) is 38.2 Å². The number of likely N-dealkylation sites (tertiary alicyclic amines) is 1. The van der Waals surface area contributed by atoms with Gasteiger partial charge in [-0.2, -0.15) is 4.31 Å². The molecule has 0 bridgehead atoms. The van der Waals surface area contributed by atoms with Crippen LogP contribution in [0.25, 0.3) is 0 Å². The van der Waals surface area contributed by atoms with E-state index in [2.05, 4.69) is 0 Å². The molecule has 8 heteroatoms. The van der Waals surface area contributed by atoms with Crippen molar-refractivity contribution < 1.29 is 17.9 Å². The summed E-state index contributed by atoms with van der Waals surface area (Å²) in [5.74, 6) is -0.217. The second kappa shape index (κ2) is 5.49. The number of benzene rings is 1. The molecule has 2 fully saturated rings. The summed E-state index contributed by atoms with van der Waals surface area (Å²) in [6.45, 7) is 0.571. The van der Waals surface area contributed by atoms with E-state index in [4.69, 9.17) is 16.3 Å². The number of fused-ring (bicyclic) bond motifs is 1. The molecular formula is C14H17ClN2O4S. The van der Waals surface area contributed by atoms with Crippen molar-refractivity contribution in [2.45, 2.75) is 17.0 Å². The minimum absolute atomic E-state index is 0.0824. The number of methoxy groups -OCH3 is 1. The van der Waals surface area contributed by atoms with E-state index >= 15 is 0 Å². The number of hydrogen-bond acceptors (Lipinski definition) is 4. The SMILES string of the molecule is CO[C@@H]1C(=O)N(C)[C@@H]2CN(S(=O)(=O)c3ccc(Cl)cc3)C[C@H]12. The number of likely N-dealkylation sites (N-methyl/N-ethyl adjacent to an activating group) is 1. The maximum atomic E-state index is 12.7. The summed E-state index contributed by atoms with van der Waals surface area (Å²) < 4.78 is 32.1. The zero-order valence-electron chi connectivity index (χ0n) is 12.3. The number of sulfonamides is 1. The van der Waals surface area contributed by atoms with Crippen LogP contribution in [0.4, 0.5) is 0 Å². The van der Waals surface area contributed by atoms with Gasteiger partial charge in [-0.1, -0.05) is 11.6 Å². The zero-order chi connectivity index (χ0) is 16.1. The molecule has 22 heavy (non-hydrogen) atoms. The van der Waals surface area contributed by atoms with Gasteiger partial charge in [-0.05, 0) is 24.3 Å². The van der Waals surface area contributed by atoms with Crippen LogP contribution in [0.5, 0.6) is 0 Å². The maximum Gasteiger partial charge on any atom is 0.252 e. The monoisotopic (exact) mass is 344 g/mol. The molecule has 3 atom stereocenters. The standard InChI is InChI=1S/C14H17ClN2O4S/c1-16-12-8-17(7-11(12)13(21-2)14(16)18)22(19,20)10-5-3-9(15)4-6-10/h3-6,11-13H,7-8H2,1-2H3/t11-,12+,13-/m0/s1. The number of ether oxygens (including phenoxy) is 1. The molecule has 1 aromatic rings. The molecule has 1 aromatic carbocycles. The molecule has 120 valence electrons. The lowest BCUT2D eigenvalue weighted by molar-refractivity contribution is -0.136. The molecule has 2 aliphatic heterocycles. The largest absolute Gasteiger partial charge is 0.371 e. The van der Waals surface area contributed by atoms with Crippen LogP contribution in [0, 0.1) is 5.92 Å². The smallest absolute Gasteiger partial charge is 0.252 e. The number of rotatable bonds is 3. The van der Waals surface area contributed by atoms with E-state index in [-0.39, 0.29) is 35.9 Å². The first-order valence-corrected chi connectivity index (χ1v) is 8.73. The summed E-state index contributed by atoms with van der Waals surface area (Å²) >= 11 is 5.80. The topological polar surface area (TPSA) is 66.9 Å². The van der Waals surface area contributed by atoms with Crippen molar-refractivity contribution in [3.05, 3.63) is 29.3 Å². The van der Waals surface area contributed by atoms with Gasteiger partial charge in [-0.15, -0.1) is 0 Å². The third kappa shape index (κ3) is 2.32. The fraction of sp³-hybridized carbons (Fsp3) is 0.500. The van der Waals surface area contributed by atoms with Crippen LogP contribution in [0.15, 0.2) is 29.2 Å². The highest BCUT2D eigenvalue weighted by atomic mass is 35.5. The number of carbonyl (C=O) groups excluding carboxylic acids is 1. The summed E-state index contributed by atoms with van der Waals surface area (Å²) in [7, 11) is -0.416. The van der Waals surface area contributed by atoms with Crippen LogP contribution in [-0.2, 0) is 19.6 Å². The van der Waals surface area contributed by atoms with E-state index in [1.807, 2.05) is 0 Å². The molecule has 0 unspecified atom stereocenters. The van der Waals surface area contributed by atoms with Gasteiger partial charge in [0.15, 0.2) is 0 Å². The highest BCUT2D eigenvalue weighted by Crippen LogP contribution is 2.35. The van der Waals surface area contributed by atoms with Crippen molar-refractivity contribution in [2.24, 2.45) is 5.92 Å². The Balaban J connectivity index is 1.87. The van der Waals surface area contributed by atoms with E-state index < -0.39 is 16.1 Å². The molecule has 0 radical (unpaired) electrons. The van der Waals surface area contributed by atoms with Crippen molar-refractivity contribution in [1.29, 1.82) is 0 Å². The minimum atomic E-state index is -3.59. The van der Waals surface area contributed by atoms with Gasteiger partial charge in [0.2, 0.25) is 10.0 Å². The fourth-order valence-corrected chi connectivity index (χ4v) is 4.88. The van der Waals surface area contributed by atoms with Gasteiger partial charge in [0.1, 0.15) is 6.10 Å².